The van der Waals surface area contributed by atoms with Gasteiger partial charge in [0.2, 0.25) is 0 Å². The summed E-state index contributed by atoms with van der Waals surface area (Å²) in [5, 5.41) is 23.3. The van der Waals surface area contributed by atoms with Gasteiger partial charge < -0.3 is 10.2 Å². The summed E-state index contributed by atoms with van der Waals surface area (Å²) in [6.45, 7) is 3.14. The molecule has 0 atom stereocenters. The van der Waals surface area contributed by atoms with Gasteiger partial charge in [0.05, 0.1) is 0 Å². The van der Waals surface area contributed by atoms with Crippen LogP contribution in [-0.4, -0.2) is 22.7 Å². The van der Waals surface area contributed by atoms with Crippen LogP contribution in [0, 0.1) is 0 Å². The summed E-state index contributed by atoms with van der Waals surface area (Å²) in [5.74, 6) is 0. The molecular weight excluding hydrogens is 452 g/mol. The van der Waals surface area contributed by atoms with Gasteiger partial charge in [-0.25, -0.2) is 0 Å². The fourth-order valence-corrected chi connectivity index (χ4v) is 3.33. The van der Waals surface area contributed by atoms with Gasteiger partial charge in [0.25, 0.3) is 0 Å². The summed E-state index contributed by atoms with van der Waals surface area (Å²) in [6, 6.07) is 35.8. The van der Waals surface area contributed by atoms with Crippen LogP contribution in [0.3, 0.4) is 0 Å². The number of benzene rings is 3. The van der Waals surface area contributed by atoms with Crippen LogP contribution < -0.4 is 20.6 Å². The average Bonchev–Trinajstić information content (AvgIpc) is 3.20. The Hall–Kier alpha value is -1.71. The molecule has 0 bridgehead atoms. The summed E-state index contributed by atoms with van der Waals surface area (Å²) in [7, 11) is 0.777. The van der Waals surface area contributed by atoms with E-state index in [9.17, 15) is 0 Å². The molecule has 0 aliphatic heterocycles. The second kappa shape index (κ2) is 18.3. The van der Waals surface area contributed by atoms with Gasteiger partial charge in [0, 0.05) is 0 Å². The first-order valence-corrected chi connectivity index (χ1v) is 10.4. The number of hydrogen-bond acceptors (Lipinski definition) is 2. The molecular formula is C25H27O2SiZr. The van der Waals surface area contributed by atoms with Gasteiger partial charge >= 0.3 is 26.2 Å². The summed E-state index contributed by atoms with van der Waals surface area (Å²) < 4.78 is 0. The largest absolute Gasteiger partial charge is 3.00 e. The van der Waals surface area contributed by atoms with Crippen LogP contribution in [0.2, 0.25) is 0 Å². The zero-order valence-corrected chi connectivity index (χ0v) is 20.5. The molecule has 0 aliphatic rings. The molecule has 0 aromatic heterocycles. The maximum absolute atomic E-state index is 8.93. The second-order valence-corrected chi connectivity index (χ2v) is 6.99. The van der Waals surface area contributed by atoms with E-state index in [1.807, 2.05) is 0 Å². The quantitative estimate of drug-likeness (QED) is 0.328. The van der Waals surface area contributed by atoms with Crippen LogP contribution in [0.25, 0.3) is 10.8 Å². The predicted octanol–water partition coefficient (Wildman–Crippen LogP) is 2.63. The monoisotopic (exact) mass is 477 g/mol. The van der Waals surface area contributed by atoms with Gasteiger partial charge in [-0.2, -0.15) is 17.5 Å². The Morgan fingerprint density at radius 1 is 0.655 bits per heavy atom. The SMILES string of the molecule is CC[O-].CC[O-].[Zr+3].c1ccc([Si]c2ccccc2)cc1.c1ccc2[cH-]ccc2c1. The minimum Gasteiger partial charge on any atom is -0.855 e. The van der Waals surface area contributed by atoms with Crippen molar-refractivity contribution in [2.24, 2.45) is 0 Å². The molecule has 4 rings (SSSR count). The van der Waals surface area contributed by atoms with E-state index in [1.54, 1.807) is 13.8 Å². The van der Waals surface area contributed by atoms with Crippen LogP contribution in [0.1, 0.15) is 13.8 Å². The summed E-state index contributed by atoms with van der Waals surface area (Å²) in [5.41, 5.74) is 0. The molecule has 0 unspecified atom stereocenters. The molecule has 147 valence electrons. The van der Waals surface area contributed by atoms with Gasteiger partial charge in [-0.1, -0.05) is 91.0 Å². The van der Waals surface area contributed by atoms with E-state index in [1.165, 1.54) is 21.1 Å². The fourth-order valence-electron chi connectivity index (χ4n) is 2.28. The molecule has 29 heavy (non-hydrogen) atoms. The third-order valence-corrected chi connectivity index (χ3v) is 4.63. The molecule has 0 fully saturated rings. The Balaban J connectivity index is 0.000000428. The molecule has 4 aromatic rings. The molecule has 0 N–H and O–H groups in total. The summed E-state index contributed by atoms with van der Waals surface area (Å²) >= 11 is 0. The molecule has 0 amide bonds. The van der Waals surface area contributed by atoms with Gasteiger partial charge in [-0.15, -0.1) is 42.9 Å². The molecule has 0 aliphatic carbocycles. The van der Waals surface area contributed by atoms with Gasteiger partial charge in [-0.05, 0) is 0 Å². The zero-order valence-electron chi connectivity index (χ0n) is 17.0. The van der Waals surface area contributed by atoms with Crippen molar-refractivity contribution in [3.05, 3.63) is 103 Å². The van der Waals surface area contributed by atoms with Gasteiger partial charge in [0.15, 0.2) is 0 Å². The molecule has 3 radical (unpaired) electrons. The predicted molar refractivity (Wildman–Crippen MR) is 119 cm³/mol. The van der Waals surface area contributed by atoms with E-state index < -0.39 is 0 Å². The van der Waals surface area contributed by atoms with Crippen molar-refractivity contribution in [1.29, 1.82) is 0 Å². The van der Waals surface area contributed by atoms with Crippen LogP contribution in [-0.2, 0) is 26.2 Å². The van der Waals surface area contributed by atoms with E-state index in [0.717, 1.165) is 9.52 Å². The minimum absolute atomic E-state index is 0. The fraction of sp³-hybridized carbons (Fsp3) is 0.160. The van der Waals surface area contributed by atoms with Gasteiger partial charge in [-0.3, -0.25) is 0 Å². The normalized spacial score (nSPS) is 8.83. The standard InChI is InChI=1S/C12H10Si.C9H7.2C2H5O.Zr/c1-3-7-11(8-4-1)13-12-9-5-2-6-10-12;1-2-5-9-7-3-6-8(9)4-1;2*1-2-3;/h1-10H;1-7H;2*2H2,1H3;/q;3*-1;+3. The van der Waals surface area contributed by atoms with Crippen molar-refractivity contribution < 1.29 is 36.4 Å². The first-order valence-electron chi connectivity index (χ1n) is 9.38. The van der Waals surface area contributed by atoms with Crippen molar-refractivity contribution in [2.75, 3.05) is 13.2 Å². The van der Waals surface area contributed by atoms with Crippen LogP contribution in [0.15, 0.2) is 103 Å². The van der Waals surface area contributed by atoms with Crippen LogP contribution >= 0.6 is 0 Å². The first kappa shape index (κ1) is 27.3. The third-order valence-electron chi connectivity index (χ3n) is 3.38. The second-order valence-electron chi connectivity index (χ2n) is 5.59. The Bertz CT molecular complexity index is 778. The van der Waals surface area contributed by atoms with Crippen molar-refractivity contribution in [2.45, 2.75) is 13.8 Å². The van der Waals surface area contributed by atoms with Crippen LogP contribution in [0.5, 0.6) is 0 Å². The third kappa shape index (κ3) is 12.5. The summed E-state index contributed by atoms with van der Waals surface area (Å²) in [4.78, 5) is 0. The smallest absolute Gasteiger partial charge is 0.855 e. The van der Waals surface area contributed by atoms with E-state index in [-0.39, 0.29) is 39.4 Å². The van der Waals surface area contributed by atoms with Crippen molar-refractivity contribution in [1.82, 2.24) is 0 Å². The van der Waals surface area contributed by atoms with E-state index in [4.69, 9.17) is 10.2 Å². The van der Waals surface area contributed by atoms with E-state index >= 15 is 0 Å². The molecule has 4 aromatic carbocycles. The Kier molecular flexibility index (Phi) is 17.2. The van der Waals surface area contributed by atoms with E-state index in [2.05, 4.69) is 103 Å². The van der Waals surface area contributed by atoms with Gasteiger partial charge in [0.1, 0.15) is 9.52 Å². The average molecular weight is 479 g/mol. The first-order chi connectivity index (χ1) is 13.7. The topological polar surface area (TPSA) is 46.1 Å². The summed E-state index contributed by atoms with van der Waals surface area (Å²) in [6.07, 6.45) is 0. The Morgan fingerprint density at radius 2 is 1.07 bits per heavy atom. The maximum Gasteiger partial charge on any atom is 3.00 e. The molecule has 4 heteroatoms. The number of fused-ring (bicyclic) bond motifs is 1. The number of rotatable bonds is 2. The van der Waals surface area contributed by atoms with Crippen molar-refractivity contribution in [3.8, 4) is 0 Å². The number of hydrogen-bond donors (Lipinski definition) is 0. The molecule has 0 saturated carbocycles. The minimum atomic E-state index is 0. The van der Waals surface area contributed by atoms with Crippen molar-refractivity contribution in [3.63, 3.8) is 0 Å². The Labute approximate surface area is 196 Å². The Morgan fingerprint density at radius 3 is 1.52 bits per heavy atom. The van der Waals surface area contributed by atoms with Crippen molar-refractivity contribution >= 4 is 30.7 Å². The zero-order chi connectivity index (χ0) is 20.5. The molecule has 0 saturated heterocycles. The maximum atomic E-state index is 8.93. The molecule has 2 nitrogen and oxygen atoms in total. The molecule has 0 spiro atoms. The molecule has 0 heterocycles. The van der Waals surface area contributed by atoms with E-state index in [0.29, 0.717) is 0 Å². The van der Waals surface area contributed by atoms with Crippen LogP contribution in [0.4, 0.5) is 0 Å².